The lowest BCUT2D eigenvalue weighted by Crippen LogP contribution is -2.38. The Morgan fingerprint density at radius 3 is 2.41 bits per heavy atom. The molecule has 94 valence electrons. The van der Waals surface area contributed by atoms with Crippen molar-refractivity contribution in [3.63, 3.8) is 0 Å². The molecule has 7 heteroatoms. The lowest BCUT2D eigenvalue weighted by molar-refractivity contribution is -0.129. The van der Waals surface area contributed by atoms with Gasteiger partial charge in [0.05, 0.1) is 6.54 Å². The van der Waals surface area contributed by atoms with Crippen LogP contribution in [0.5, 0.6) is 0 Å². The number of carbonyl (C=O) groups excluding carboxylic acids is 2. The van der Waals surface area contributed by atoms with Gasteiger partial charge in [0.1, 0.15) is 5.82 Å². The molecule has 0 aliphatic carbocycles. The summed E-state index contributed by atoms with van der Waals surface area (Å²) in [4.78, 5) is 30.0. The van der Waals surface area contributed by atoms with Crippen LogP contribution in [0.3, 0.4) is 0 Å². The molecule has 0 aliphatic heterocycles. The molecule has 0 spiro atoms. The average molecular weight is 239 g/mol. The standard InChI is InChI=1S/C10H17N5O2/c1-5-7-11-9(13-12-7)10(17)15(4)6-8(16)14(2)3/h5-6H2,1-4H3,(H,11,12,13). The first kappa shape index (κ1) is 13.1. The summed E-state index contributed by atoms with van der Waals surface area (Å²) >= 11 is 0. The van der Waals surface area contributed by atoms with E-state index < -0.39 is 0 Å². The molecule has 1 aromatic heterocycles. The van der Waals surface area contributed by atoms with Gasteiger partial charge in [0, 0.05) is 27.6 Å². The van der Waals surface area contributed by atoms with Crippen LogP contribution in [0.25, 0.3) is 0 Å². The van der Waals surface area contributed by atoms with Crippen molar-refractivity contribution in [1.29, 1.82) is 0 Å². The van der Waals surface area contributed by atoms with E-state index in [9.17, 15) is 9.59 Å². The fourth-order valence-corrected chi connectivity index (χ4v) is 1.14. The predicted octanol–water partition coefficient (Wildman–Crippen LogP) is -0.473. The molecule has 1 N–H and O–H groups in total. The summed E-state index contributed by atoms with van der Waals surface area (Å²) in [6, 6.07) is 0. The molecule has 0 atom stereocenters. The van der Waals surface area contributed by atoms with Crippen LogP contribution in [0.4, 0.5) is 0 Å². The SMILES string of the molecule is CCc1nc(C(=O)N(C)CC(=O)N(C)C)n[nH]1. The Morgan fingerprint density at radius 2 is 1.94 bits per heavy atom. The van der Waals surface area contributed by atoms with E-state index in [1.54, 1.807) is 21.1 Å². The molecule has 0 aliphatic rings. The molecule has 17 heavy (non-hydrogen) atoms. The maximum absolute atomic E-state index is 11.8. The number of nitrogens with zero attached hydrogens (tertiary/aromatic N) is 4. The highest BCUT2D eigenvalue weighted by Crippen LogP contribution is 1.99. The van der Waals surface area contributed by atoms with Gasteiger partial charge in [-0.1, -0.05) is 6.92 Å². The predicted molar refractivity (Wildman–Crippen MR) is 61.4 cm³/mol. The molecular formula is C10H17N5O2. The highest BCUT2D eigenvalue weighted by atomic mass is 16.2. The zero-order valence-electron chi connectivity index (χ0n) is 10.5. The lowest BCUT2D eigenvalue weighted by Gasteiger charge is -2.17. The molecule has 2 amide bonds. The van der Waals surface area contributed by atoms with Crippen LogP contribution in [0, 0.1) is 0 Å². The number of hydrogen-bond donors (Lipinski definition) is 1. The maximum atomic E-state index is 11.8. The van der Waals surface area contributed by atoms with Crippen LogP contribution in [-0.2, 0) is 11.2 Å². The third-order valence-electron chi connectivity index (χ3n) is 2.28. The molecular weight excluding hydrogens is 222 g/mol. The zero-order valence-corrected chi connectivity index (χ0v) is 10.5. The van der Waals surface area contributed by atoms with Gasteiger partial charge in [0.15, 0.2) is 0 Å². The molecule has 1 heterocycles. The Labute approximate surface area is 99.8 Å². The number of aryl methyl sites for hydroxylation is 1. The van der Waals surface area contributed by atoms with Crippen molar-refractivity contribution in [1.82, 2.24) is 25.0 Å². The number of carbonyl (C=O) groups is 2. The summed E-state index contributed by atoms with van der Waals surface area (Å²) in [6.45, 7) is 1.93. The number of rotatable bonds is 4. The van der Waals surface area contributed by atoms with Crippen LogP contribution < -0.4 is 0 Å². The smallest absolute Gasteiger partial charge is 0.293 e. The van der Waals surface area contributed by atoms with E-state index in [-0.39, 0.29) is 24.2 Å². The molecule has 0 unspecified atom stereocenters. The van der Waals surface area contributed by atoms with Crippen LogP contribution in [0.2, 0.25) is 0 Å². The van der Waals surface area contributed by atoms with E-state index >= 15 is 0 Å². The lowest BCUT2D eigenvalue weighted by atomic mass is 10.4. The number of aromatic amines is 1. The fourth-order valence-electron chi connectivity index (χ4n) is 1.14. The van der Waals surface area contributed by atoms with Crippen LogP contribution >= 0.6 is 0 Å². The van der Waals surface area contributed by atoms with Crippen molar-refractivity contribution in [2.24, 2.45) is 0 Å². The Morgan fingerprint density at radius 1 is 1.29 bits per heavy atom. The van der Waals surface area contributed by atoms with Gasteiger partial charge in [-0.2, -0.15) is 0 Å². The van der Waals surface area contributed by atoms with Crippen molar-refractivity contribution in [2.75, 3.05) is 27.7 Å². The number of nitrogens with one attached hydrogen (secondary N) is 1. The molecule has 7 nitrogen and oxygen atoms in total. The van der Waals surface area contributed by atoms with E-state index in [0.717, 1.165) is 0 Å². The third kappa shape index (κ3) is 3.27. The van der Waals surface area contributed by atoms with Crippen LogP contribution in [-0.4, -0.2) is 64.5 Å². The molecule has 0 fully saturated rings. The highest BCUT2D eigenvalue weighted by molar-refractivity contribution is 5.93. The van der Waals surface area contributed by atoms with Gasteiger partial charge in [-0.05, 0) is 0 Å². The molecule has 0 radical (unpaired) electrons. The normalized spacial score (nSPS) is 10.1. The molecule has 0 saturated carbocycles. The summed E-state index contributed by atoms with van der Waals surface area (Å²) in [6.07, 6.45) is 0.681. The monoisotopic (exact) mass is 239 g/mol. The second-order valence-electron chi connectivity index (χ2n) is 3.91. The summed E-state index contributed by atoms with van der Waals surface area (Å²) in [5.41, 5.74) is 0. The largest absolute Gasteiger partial charge is 0.347 e. The van der Waals surface area contributed by atoms with Gasteiger partial charge in [0.25, 0.3) is 5.91 Å². The second kappa shape index (κ2) is 5.42. The van der Waals surface area contributed by atoms with E-state index in [4.69, 9.17) is 0 Å². The average Bonchev–Trinajstić information content (AvgIpc) is 2.76. The minimum Gasteiger partial charge on any atom is -0.347 e. The fraction of sp³-hybridized carbons (Fsp3) is 0.600. The van der Waals surface area contributed by atoms with Gasteiger partial charge in [-0.15, -0.1) is 5.10 Å². The van der Waals surface area contributed by atoms with E-state index in [1.807, 2.05) is 6.92 Å². The summed E-state index contributed by atoms with van der Waals surface area (Å²) in [7, 11) is 4.83. The van der Waals surface area contributed by atoms with Gasteiger partial charge < -0.3 is 9.80 Å². The summed E-state index contributed by atoms with van der Waals surface area (Å²) < 4.78 is 0. The molecule has 0 saturated heterocycles. The summed E-state index contributed by atoms with van der Waals surface area (Å²) in [5, 5.41) is 6.47. The van der Waals surface area contributed by atoms with Crippen molar-refractivity contribution in [2.45, 2.75) is 13.3 Å². The molecule has 0 aromatic carbocycles. The molecule has 1 aromatic rings. The second-order valence-corrected chi connectivity index (χ2v) is 3.91. The first-order valence-electron chi connectivity index (χ1n) is 5.32. The third-order valence-corrected chi connectivity index (χ3v) is 2.28. The van der Waals surface area contributed by atoms with E-state index in [0.29, 0.717) is 12.2 Å². The topological polar surface area (TPSA) is 82.2 Å². The van der Waals surface area contributed by atoms with E-state index in [1.165, 1.54) is 9.80 Å². The number of likely N-dealkylation sites (N-methyl/N-ethyl adjacent to an activating group) is 2. The summed E-state index contributed by atoms with van der Waals surface area (Å²) in [5.74, 6) is 0.236. The van der Waals surface area contributed by atoms with Gasteiger partial charge in [0.2, 0.25) is 11.7 Å². The number of aromatic nitrogens is 3. The van der Waals surface area contributed by atoms with Gasteiger partial charge >= 0.3 is 0 Å². The van der Waals surface area contributed by atoms with Crippen molar-refractivity contribution < 1.29 is 9.59 Å². The Bertz CT molecular complexity index is 413. The van der Waals surface area contributed by atoms with Gasteiger partial charge in [-0.3, -0.25) is 14.7 Å². The maximum Gasteiger partial charge on any atom is 0.293 e. The first-order chi connectivity index (χ1) is 7.95. The Hall–Kier alpha value is -1.92. The first-order valence-corrected chi connectivity index (χ1v) is 5.32. The minimum atomic E-state index is -0.365. The quantitative estimate of drug-likeness (QED) is 0.770. The van der Waals surface area contributed by atoms with Crippen molar-refractivity contribution in [3.8, 4) is 0 Å². The van der Waals surface area contributed by atoms with Crippen LogP contribution in [0.15, 0.2) is 0 Å². The zero-order chi connectivity index (χ0) is 13.0. The molecule has 0 bridgehead atoms. The van der Waals surface area contributed by atoms with Crippen molar-refractivity contribution in [3.05, 3.63) is 11.6 Å². The number of amides is 2. The highest BCUT2D eigenvalue weighted by Gasteiger charge is 2.19. The molecule has 1 rings (SSSR count). The minimum absolute atomic E-state index is 0.0157. The Balaban J connectivity index is 2.66. The van der Waals surface area contributed by atoms with Crippen LogP contribution in [0.1, 0.15) is 23.4 Å². The van der Waals surface area contributed by atoms with Gasteiger partial charge in [-0.25, -0.2) is 4.98 Å². The number of hydrogen-bond acceptors (Lipinski definition) is 4. The van der Waals surface area contributed by atoms with E-state index in [2.05, 4.69) is 15.2 Å². The Kier molecular flexibility index (Phi) is 4.19. The number of H-pyrrole nitrogens is 1. The van der Waals surface area contributed by atoms with Crippen molar-refractivity contribution >= 4 is 11.8 Å².